The van der Waals surface area contributed by atoms with Crippen LogP contribution in [0.1, 0.15) is 45.6 Å². The smallest absolute Gasteiger partial charge is 0.254 e. The number of aromatic nitrogens is 3. The first-order valence-electron chi connectivity index (χ1n) is 9.96. The predicted molar refractivity (Wildman–Crippen MR) is 119 cm³/mol. The van der Waals surface area contributed by atoms with Gasteiger partial charge in [0.1, 0.15) is 5.82 Å². The zero-order chi connectivity index (χ0) is 21.3. The molecule has 2 aromatic heterocycles. The van der Waals surface area contributed by atoms with E-state index in [0.29, 0.717) is 17.9 Å². The van der Waals surface area contributed by atoms with Crippen LogP contribution in [0, 0.1) is 13.8 Å². The molecule has 3 N–H and O–H groups in total. The highest BCUT2D eigenvalue weighted by atomic mass is 16.1. The molecule has 1 atom stereocenters. The number of pyridine rings is 1. The van der Waals surface area contributed by atoms with Crippen molar-refractivity contribution in [2.75, 3.05) is 5.73 Å². The summed E-state index contributed by atoms with van der Waals surface area (Å²) in [4.78, 5) is 16.9. The molecule has 6 nitrogen and oxygen atoms in total. The number of carbonyl (C=O) groups excluding carboxylic acids is 1. The molecule has 0 spiro atoms. The lowest BCUT2D eigenvalue weighted by molar-refractivity contribution is 0.0950. The number of nitrogens with zero attached hydrogens (tertiary/aromatic N) is 3. The minimum Gasteiger partial charge on any atom is -0.383 e. The Hall–Kier alpha value is -3.67. The summed E-state index contributed by atoms with van der Waals surface area (Å²) >= 11 is 0. The average Bonchev–Trinajstić information content (AvgIpc) is 3.25. The van der Waals surface area contributed by atoms with Crippen molar-refractivity contribution in [1.29, 1.82) is 0 Å². The summed E-state index contributed by atoms with van der Waals surface area (Å²) in [6.07, 6.45) is 5.12. The molecule has 30 heavy (non-hydrogen) atoms. The highest BCUT2D eigenvalue weighted by molar-refractivity contribution is 5.95. The van der Waals surface area contributed by atoms with E-state index in [1.165, 1.54) is 0 Å². The molecular weight excluding hydrogens is 374 g/mol. The largest absolute Gasteiger partial charge is 0.383 e. The van der Waals surface area contributed by atoms with E-state index in [2.05, 4.69) is 41.4 Å². The Morgan fingerprint density at radius 2 is 1.93 bits per heavy atom. The van der Waals surface area contributed by atoms with E-state index >= 15 is 0 Å². The van der Waals surface area contributed by atoms with Crippen molar-refractivity contribution >= 4 is 22.5 Å². The number of nitrogen functional groups attached to an aromatic ring is 1. The van der Waals surface area contributed by atoms with E-state index < -0.39 is 0 Å². The maximum atomic E-state index is 12.7. The number of hydrogen-bond acceptors (Lipinski definition) is 4. The summed E-state index contributed by atoms with van der Waals surface area (Å²) in [5.41, 5.74) is 11.0. The Kier molecular flexibility index (Phi) is 5.23. The van der Waals surface area contributed by atoms with Crippen molar-refractivity contribution in [3.63, 3.8) is 0 Å². The van der Waals surface area contributed by atoms with Crippen molar-refractivity contribution < 1.29 is 4.79 Å². The molecule has 0 aliphatic rings. The lowest BCUT2D eigenvalue weighted by Crippen LogP contribution is -2.23. The molecule has 0 saturated carbocycles. The van der Waals surface area contributed by atoms with Crippen LogP contribution in [-0.2, 0) is 6.54 Å². The Balaban J connectivity index is 1.51. The van der Waals surface area contributed by atoms with Crippen LogP contribution in [0.4, 0.5) is 5.82 Å². The minimum absolute atomic E-state index is 0.0526. The van der Waals surface area contributed by atoms with Gasteiger partial charge in [-0.3, -0.25) is 9.48 Å². The standard InChI is InChI=1S/C24H25N5O/c1-15-11-21-20(9-10-26-23(21)25)16(2)22(15)13-27-24(30)19-12-28-29(14-19)17(3)18-7-5-4-6-8-18/h4-12,14,17H,13H2,1-3H3,(H2,25,26)(H,27,30)/t17-/m0/s1. The topological polar surface area (TPSA) is 85.8 Å². The Bertz CT molecular complexity index is 1210. The van der Waals surface area contributed by atoms with E-state index in [9.17, 15) is 4.79 Å². The van der Waals surface area contributed by atoms with Gasteiger partial charge < -0.3 is 11.1 Å². The molecule has 4 rings (SSSR count). The van der Waals surface area contributed by atoms with E-state index in [0.717, 1.165) is 33.0 Å². The number of nitrogens with one attached hydrogen (secondary N) is 1. The lowest BCUT2D eigenvalue weighted by Gasteiger charge is -2.15. The maximum Gasteiger partial charge on any atom is 0.254 e. The molecule has 0 saturated heterocycles. The third kappa shape index (κ3) is 3.64. The molecular formula is C24H25N5O. The number of fused-ring (bicyclic) bond motifs is 1. The normalized spacial score (nSPS) is 12.1. The first-order valence-corrected chi connectivity index (χ1v) is 9.96. The molecule has 1 amide bonds. The fourth-order valence-electron chi connectivity index (χ4n) is 3.82. The quantitative estimate of drug-likeness (QED) is 0.527. The van der Waals surface area contributed by atoms with E-state index in [4.69, 9.17) is 5.73 Å². The van der Waals surface area contributed by atoms with Gasteiger partial charge in [0.05, 0.1) is 17.8 Å². The van der Waals surface area contributed by atoms with Crippen LogP contribution >= 0.6 is 0 Å². The zero-order valence-corrected chi connectivity index (χ0v) is 17.4. The number of hydrogen-bond donors (Lipinski definition) is 2. The highest BCUT2D eigenvalue weighted by Crippen LogP contribution is 2.28. The first kappa shape index (κ1) is 19.6. The number of carbonyl (C=O) groups is 1. The third-order valence-corrected chi connectivity index (χ3v) is 5.68. The summed E-state index contributed by atoms with van der Waals surface area (Å²) in [7, 11) is 0. The monoisotopic (exact) mass is 399 g/mol. The minimum atomic E-state index is -0.144. The van der Waals surface area contributed by atoms with E-state index in [-0.39, 0.29) is 11.9 Å². The van der Waals surface area contributed by atoms with Gasteiger partial charge in [0.2, 0.25) is 0 Å². The zero-order valence-electron chi connectivity index (χ0n) is 17.4. The second-order valence-electron chi connectivity index (χ2n) is 7.57. The molecule has 6 heteroatoms. The van der Waals surface area contributed by atoms with Crippen LogP contribution in [-0.4, -0.2) is 20.7 Å². The molecule has 0 aliphatic heterocycles. The summed E-state index contributed by atoms with van der Waals surface area (Å²) in [5.74, 6) is 0.379. The van der Waals surface area contributed by atoms with Crippen molar-refractivity contribution in [3.8, 4) is 0 Å². The third-order valence-electron chi connectivity index (χ3n) is 5.68. The number of aryl methyl sites for hydroxylation is 2. The average molecular weight is 399 g/mol. The van der Waals surface area contributed by atoms with Gasteiger partial charge in [-0.1, -0.05) is 30.3 Å². The molecule has 152 valence electrons. The van der Waals surface area contributed by atoms with Crippen molar-refractivity contribution in [2.45, 2.75) is 33.4 Å². The van der Waals surface area contributed by atoms with Gasteiger partial charge in [-0.05, 0) is 60.5 Å². The molecule has 0 unspecified atom stereocenters. The molecule has 4 aromatic rings. The number of anilines is 1. The molecule has 0 radical (unpaired) electrons. The molecule has 0 aliphatic carbocycles. The van der Waals surface area contributed by atoms with Gasteiger partial charge >= 0.3 is 0 Å². The lowest BCUT2D eigenvalue weighted by atomic mass is 9.96. The maximum absolute atomic E-state index is 12.7. The number of amides is 1. The van der Waals surface area contributed by atoms with Gasteiger partial charge in [0.25, 0.3) is 5.91 Å². The van der Waals surface area contributed by atoms with Crippen molar-refractivity contribution in [1.82, 2.24) is 20.1 Å². The molecule has 2 aromatic carbocycles. The van der Waals surface area contributed by atoms with Crippen LogP contribution in [0.15, 0.2) is 61.1 Å². The Labute approximate surface area is 175 Å². The van der Waals surface area contributed by atoms with Gasteiger partial charge in [-0.15, -0.1) is 0 Å². The van der Waals surface area contributed by atoms with Crippen LogP contribution in [0.3, 0.4) is 0 Å². The van der Waals surface area contributed by atoms with E-state index in [1.54, 1.807) is 18.6 Å². The van der Waals surface area contributed by atoms with E-state index in [1.807, 2.05) is 41.9 Å². The molecule has 0 bridgehead atoms. The predicted octanol–water partition coefficient (Wildman–Crippen LogP) is 4.17. The van der Waals surface area contributed by atoms with Crippen LogP contribution in [0.25, 0.3) is 10.8 Å². The van der Waals surface area contributed by atoms with Crippen LogP contribution < -0.4 is 11.1 Å². The summed E-state index contributed by atoms with van der Waals surface area (Å²) in [6, 6.07) is 14.1. The fraction of sp³-hybridized carbons (Fsp3) is 0.208. The summed E-state index contributed by atoms with van der Waals surface area (Å²) in [5, 5.41) is 9.42. The highest BCUT2D eigenvalue weighted by Gasteiger charge is 2.15. The fourth-order valence-corrected chi connectivity index (χ4v) is 3.82. The number of rotatable bonds is 5. The van der Waals surface area contributed by atoms with Crippen molar-refractivity contribution in [3.05, 3.63) is 88.9 Å². The van der Waals surface area contributed by atoms with Gasteiger partial charge in [0.15, 0.2) is 0 Å². The van der Waals surface area contributed by atoms with Gasteiger partial charge in [0, 0.05) is 24.3 Å². The summed E-state index contributed by atoms with van der Waals surface area (Å²) < 4.78 is 1.81. The second-order valence-corrected chi connectivity index (χ2v) is 7.57. The molecule has 2 heterocycles. The summed E-state index contributed by atoms with van der Waals surface area (Å²) in [6.45, 7) is 6.58. The van der Waals surface area contributed by atoms with Crippen LogP contribution in [0.2, 0.25) is 0 Å². The Morgan fingerprint density at radius 3 is 2.70 bits per heavy atom. The van der Waals surface area contributed by atoms with Crippen molar-refractivity contribution in [2.24, 2.45) is 0 Å². The molecule has 0 fully saturated rings. The first-order chi connectivity index (χ1) is 14.5. The number of benzene rings is 2. The SMILES string of the molecule is Cc1cc2c(N)nccc2c(C)c1CNC(=O)c1cnn([C@@H](C)c2ccccc2)c1. The number of nitrogens with two attached hydrogens (primary N) is 1. The van der Waals surface area contributed by atoms with Gasteiger partial charge in [-0.2, -0.15) is 5.10 Å². The second kappa shape index (κ2) is 7.99. The Morgan fingerprint density at radius 1 is 1.17 bits per heavy atom. The van der Waals surface area contributed by atoms with Gasteiger partial charge in [-0.25, -0.2) is 4.98 Å². The van der Waals surface area contributed by atoms with Crippen LogP contribution in [0.5, 0.6) is 0 Å².